The fourth-order valence-electron chi connectivity index (χ4n) is 1.20. The molecule has 1 aromatic rings. The molecule has 0 amide bonds. The van der Waals surface area contributed by atoms with E-state index in [4.69, 9.17) is 11.0 Å². The van der Waals surface area contributed by atoms with Gasteiger partial charge in [0.1, 0.15) is 0 Å². The minimum atomic E-state index is -3.61. The molecule has 1 aromatic carbocycles. The van der Waals surface area contributed by atoms with E-state index in [-0.39, 0.29) is 23.3 Å². The molecule has 4 nitrogen and oxygen atoms in total. The molecule has 0 radical (unpaired) electrons. The Hall–Kier alpha value is -1.71. The summed E-state index contributed by atoms with van der Waals surface area (Å²) in [6.45, 7) is -0.147. The van der Waals surface area contributed by atoms with E-state index in [9.17, 15) is 12.8 Å². The smallest absolute Gasteiger partial charge is 0.182 e. The van der Waals surface area contributed by atoms with Crippen LogP contribution in [0.25, 0.3) is 0 Å². The highest BCUT2D eigenvalue weighted by Crippen LogP contribution is 2.14. The van der Waals surface area contributed by atoms with Crippen molar-refractivity contribution in [2.45, 2.75) is 4.90 Å². The third kappa shape index (κ3) is 3.37. The third-order valence-corrected chi connectivity index (χ3v) is 3.88. The zero-order valence-electron chi connectivity index (χ0n) is 8.93. The summed E-state index contributed by atoms with van der Waals surface area (Å²) in [5.74, 6) is -0.452. The molecule has 2 N–H and O–H groups in total. The average Bonchev–Trinajstić information content (AvgIpc) is 2.36. The van der Waals surface area contributed by atoms with E-state index in [1.54, 1.807) is 0 Å². The highest BCUT2D eigenvalue weighted by molar-refractivity contribution is 7.91. The topological polar surface area (TPSA) is 84.0 Å². The number of nitrogens with zero attached hydrogens (tertiary/aromatic N) is 1. The number of rotatable bonds is 4. The first-order chi connectivity index (χ1) is 8.03. The van der Waals surface area contributed by atoms with Crippen LogP contribution in [0.4, 0.5) is 4.39 Å². The van der Waals surface area contributed by atoms with Crippen LogP contribution in [0.15, 0.2) is 41.1 Å². The fraction of sp³-hybridized carbons (Fsp3) is 0.182. The van der Waals surface area contributed by atoms with Gasteiger partial charge in [0, 0.05) is 6.54 Å². The van der Waals surface area contributed by atoms with Crippen LogP contribution in [0.3, 0.4) is 0 Å². The van der Waals surface area contributed by atoms with E-state index in [0.717, 1.165) is 0 Å². The van der Waals surface area contributed by atoms with Gasteiger partial charge in [0.2, 0.25) is 0 Å². The molecule has 1 rings (SSSR count). The largest absolute Gasteiger partial charge is 0.327 e. The molecule has 90 valence electrons. The summed E-state index contributed by atoms with van der Waals surface area (Å²) in [5, 5.41) is 8.58. The number of hydrogen-bond donors (Lipinski definition) is 1. The van der Waals surface area contributed by atoms with Crippen LogP contribution in [0.2, 0.25) is 0 Å². The standard InChI is InChI=1S/C11H11FN2O2S/c12-5-10(7-14)8-17(15,16)11-3-1-9(6-13)2-4-11/h1-5H,7-8,14H2/b10-5+. The van der Waals surface area contributed by atoms with Crippen LogP contribution in [-0.4, -0.2) is 20.7 Å². The van der Waals surface area contributed by atoms with Crippen LogP contribution >= 0.6 is 0 Å². The van der Waals surface area contributed by atoms with Crippen molar-refractivity contribution in [1.82, 2.24) is 0 Å². The Bertz CT molecular complexity index is 556. The number of nitrogens with two attached hydrogens (primary N) is 1. The molecule has 0 bridgehead atoms. The quantitative estimate of drug-likeness (QED) is 0.873. The number of halogens is 1. The van der Waals surface area contributed by atoms with Crippen LogP contribution in [0, 0.1) is 11.3 Å². The highest BCUT2D eigenvalue weighted by atomic mass is 32.2. The minimum Gasteiger partial charge on any atom is -0.327 e. The summed E-state index contributed by atoms with van der Waals surface area (Å²) in [7, 11) is -3.61. The van der Waals surface area contributed by atoms with Crippen LogP contribution in [0.5, 0.6) is 0 Å². The van der Waals surface area contributed by atoms with E-state index in [2.05, 4.69) is 0 Å². The van der Waals surface area contributed by atoms with Crippen molar-refractivity contribution in [2.75, 3.05) is 12.3 Å². The van der Waals surface area contributed by atoms with Gasteiger partial charge >= 0.3 is 0 Å². The third-order valence-electron chi connectivity index (χ3n) is 2.13. The first-order valence-electron chi connectivity index (χ1n) is 4.74. The second-order valence-electron chi connectivity index (χ2n) is 3.37. The van der Waals surface area contributed by atoms with Crippen molar-refractivity contribution in [1.29, 1.82) is 5.26 Å². The maximum absolute atomic E-state index is 12.3. The molecular formula is C11H11FN2O2S. The van der Waals surface area contributed by atoms with Gasteiger partial charge in [-0.3, -0.25) is 0 Å². The molecule has 0 unspecified atom stereocenters. The lowest BCUT2D eigenvalue weighted by atomic mass is 10.2. The lowest BCUT2D eigenvalue weighted by Gasteiger charge is -2.05. The Morgan fingerprint density at radius 2 is 2.00 bits per heavy atom. The maximum Gasteiger partial charge on any atom is 0.182 e. The van der Waals surface area contributed by atoms with Gasteiger partial charge < -0.3 is 5.73 Å². The van der Waals surface area contributed by atoms with Gasteiger partial charge in [-0.25, -0.2) is 12.8 Å². The molecular weight excluding hydrogens is 243 g/mol. The number of nitriles is 1. The van der Waals surface area contributed by atoms with E-state index in [1.807, 2.05) is 6.07 Å². The van der Waals surface area contributed by atoms with Crippen molar-refractivity contribution in [3.8, 4) is 6.07 Å². The summed E-state index contributed by atoms with van der Waals surface area (Å²) in [5.41, 5.74) is 5.57. The van der Waals surface area contributed by atoms with E-state index in [0.29, 0.717) is 5.56 Å². The monoisotopic (exact) mass is 254 g/mol. The average molecular weight is 254 g/mol. The SMILES string of the molecule is N#Cc1ccc(S(=O)(=O)C/C(=C/F)CN)cc1. The Labute approximate surface area is 99.1 Å². The normalized spacial score (nSPS) is 12.2. The lowest BCUT2D eigenvalue weighted by molar-refractivity contribution is 0.596. The van der Waals surface area contributed by atoms with Gasteiger partial charge in [0.05, 0.1) is 28.6 Å². The van der Waals surface area contributed by atoms with Crippen molar-refractivity contribution in [3.05, 3.63) is 41.7 Å². The van der Waals surface area contributed by atoms with Crippen LogP contribution in [-0.2, 0) is 9.84 Å². The molecule has 0 spiro atoms. The Morgan fingerprint density at radius 3 is 2.41 bits per heavy atom. The number of hydrogen-bond acceptors (Lipinski definition) is 4. The van der Waals surface area contributed by atoms with E-state index in [1.165, 1.54) is 24.3 Å². The van der Waals surface area contributed by atoms with E-state index < -0.39 is 15.6 Å². The summed E-state index contributed by atoms with van der Waals surface area (Å²) in [4.78, 5) is 0.0456. The first-order valence-corrected chi connectivity index (χ1v) is 6.40. The summed E-state index contributed by atoms with van der Waals surface area (Å²) < 4.78 is 35.9. The molecule has 0 aliphatic carbocycles. The molecule has 0 aliphatic rings. The van der Waals surface area contributed by atoms with Crippen molar-refractivity contribution in [3.63, 3.8) is 0 Å². The second-order valence-corrected chi connectivity index (χ2v) is 5.36. The Morgan fingerprint density at radius 1 is 1.41 bits per heavy atom. The zero-order chi connectivity index (χ0) is 12.9. The van der Waals surface area contributed by atoms with Crippen LogP contribution < -0.4 is 5.73 Å². The van der Waals surface area contributed by atoms with Gasteiger partial charge in [-0.1, -0.05) is 0 Å². The zero-order valence-corrected chi connectivity index (χ0v) is 9.74. The van der Waals surface area contributed by atoms with Gasteiger partial charge in [-0.2, -0.15) is 5.26 Å². The molecule has 17 heavy (non-hydrogen) atoms. The molecule has 0 aliphatic heterocycles. The molecule has 0 atom stereocenters. The second kappa shape index (κ2) is 5.57. The van der Waals surface area contributed by atoms with Gasteiger partial charge in [0.15, 0.2) is 9.84 Å². The molecule has 0 heterocycles. The molecule has 0 saturated heterocycles. The van der Waals surface area contributed by atoms with Gasteiger partial charge in [0.25, 0.3) is 0 Å². The number of benzene rings is 1. The predicted octanol–water partition coefficient (Wildman–Crippen LogP) is 1.14. The molecule has 6 heteroatoms. The molecule has 0 saturated carbocycles. The first kappa shape index (κ1) is 13.4. The lowest BCUT2D eigenvalue weighted by Crippen LogP contribution is -2.14. The van der Waals surface area contributed by atoms with Gasteiger partial charge in [-0.05, 0) is 29.8 Å². The Balaban J connectivity index is 3.02. The summed E-state index contributed by atoms with van der Waals surface area (Å²) in [6.07, 6.45) is 0.210. The van der Waals surface area contributed by atoms with Crippen molar-refractivity contribution in [2.24, 2.45) is 5.73 Å². The van der Waals surface area contributed by atoms with Crippen molar-refractivity contribution >= 4 is 9.84 Å². The van der Waals surface area contributed by atoms with Gasteiger partial charge in [-0.15, -0.1) is 0 Å². The summed E-state index contributed by atoms with van der Waals surface area (Å²) >= 11 is 0. The van der Waals surface area contributed by atoms with Crippen LogP contribution in [0.1, 0.15) is 5.56 Å². The Kier molecular flexibility index (Phi) is 4.37. The highest BCUT2D eigenvalue weighted by Gasteiger charge is 2.16. The molecule has 0 fully saturated rings. The maximum atomic E-state index is 12.3. The molecule has 0 aromatic heterocycles. The fourth-order valence-corrected chi connectivity index (χ4v) is 2.59. The summed E-state index contributed by atoms with van der Waals surface area (Å²) in [6, 6.07) is 7.32. The minimum absolute atomic E-state index is 0.00867. The van der Waals surface area contributed by atoms with E-state index >= 15 is 0 Å². The number of sulfone groups is 1. The predicted molar refractivity (Wildman–Crippen MR) is 61.5 cm³/mol. The van der Waals surface area contributed by atoms with Crippen molar-refractivity contribution < 1.29 is 12.8 Å².